The normalized spacial score (nSPS) is 11.1. The number of halogens is 1. The van der Waals surface area contributed by atoms with Crippen LogP contribution in [0.5, 0.6) is 0 Å². The van der Waals surface area contributed by atoms with Crippen molar-refractivity contribution in [2.75, 3.05) is 12.4 Å². The van der Waals surface area contributed by atoms with E-state index in [1.807, 2.05) is 32.0 Å². The number of aryl methyl sites for hydroxylation is 2. The Kier molecular flexibility index (Phi) is 6.80. The van der Waals surface area contributed by atoms with Gasteiger partial charge >= 0.3 is 5.97 Å². The first-order valence-corrected chi connectivity index (χ1v) is 7.28. The number of carbonyl (C=O) groups is 1. The number of benzene rings is 2. The average Bonchev–Trinajstić information content (AvgIpc) is 2.55. The fourth-order valence-corrected chi connectivity index (χ4v) is 2.25. The van der Waals surface area contributed by atoms with Gasteiger partial charge in [-0.25, -0.2) is 4.79 Å². The van der Waals surface area contributed by atoms with Crippen LogP contribution < -0.4 is 11.1 Å². The molecule has 0 saturated carbocycles. The number of amidine groups is 1. The second kappa shape index (κ2) is 8.36. The van der Waals surface area contributed by atoms with Crippen LogP contribution in [0.15, 0.2) is 42.5 Å². The van der Waals surface area contributed by atoms with Crippen molar-refractivity contribution < 1.29 is 9.53 Å². The summed E-state index contributed by atoms with van der Waals surface area (Å²) in [5, 5.41) is 10.6. The number of nitrogens with two attached hydrogens (primary N) is 1. The Bertz CT molecular complexity index is 730. The van der Waals surface area contributed by atoms with Crippen LogP contribution in [0, 0.1) is 19.3 Å². The molecular formula is C18H22ClN3O2. The van der Waals surface area contributed by atoms with Gasteiger partial charge in [0.1, 0.15) is 5.84 Å². The minimum Gasteiger partial charge on any atom is -0.467 e. The lowest BCUT2D eigenvalue weighted by Crippen LogP contribution is -2.22. The molecular weight excluding hydrogens is 326 g/mol. The van der Waals surface area contributed by atoms with E-state index in [9.17, 15) is 4.79 Å². The third-order valence-electron chi connectivity index (χ3n) is 3.81. The maximum absolute atomic E-state index is 12.1. The first kappa shape index (κ1) is 19.5. The summed E-state index contributed by atoms with van der Waals surface area (Å²) < 4.78 is 4.92. The van der Waals surface area contributed by atoms with E-state index in [1.165, 1.54) is 12.7 Å². The van der Waals surface area contributed by atoms with Gasteiger partial charge in [-0.2, -0.15) is 0 Å². The van der Waals surface area contributed by atoms with Crippen LogP contribution in [-0.2, 0) is 9.53 Å². The van der Waals surface area contributed by atoms with Crippen LogP contribution in [0.3, 0.4) is 0 Å². The van der Waals surface area contributed by atoms with E-state index in [4.69, 9.17) is 15.9 Å². The molecule has 0 saturated heterocycles. The van der Waals surface area contributed by atoms with Crippen molar-refractivity contribution >= 4 is 29.9 Å². The maximum Gasteiger partial charge on any atom is 0.332 e. The van der Waals surface area contributed by atoms with Gasteiger partial charge in [0.05, 0.1) is 7.11 Å². The van der Waals surface area contributed by atoms with Gasteiger partial charge in [-0.15, -0.1) is 12.4 Å². The minimum absolute atomic E-state index is 0. The van der Waals surface area contributed by atoms with Gasteiger partial charge in [0, 0.05) is 11.3 Å². The number of rotatable bonds is 5. The van der Waals surface area contributed by atoms with Gasteiger partial charge in [-0.05, 0) is 54.8 Å². The highest BCUT2D eigenvalue weighted by atomic mass is 35.5. The van der Waals surface area contributed by atoms with Gasteiger partial charge in [0.15, 0.2) is 6.04 Å². The summed E-state index contributed by atoms with van der Waals surface area (Å²) in [5.41, 5.74) is 9.96. The molecule has 0 bridgehead atoms. The van der Waals surface area contributed by atoms with Crippen LogP contribution in [0.2, 0.25) is 0 Å². The molecule has 2 aromatic rings. The van der Waals surface area contributed by atoms with E-state index in [0.29, 0.717) is 5.56 Å². The molecule has 5 nitrogen and oxygen atoms in total. The maximum atomic E-state index is 12.1. The molecule has 0 aliphatic heterocycles. The van der Waals surface area contributed by atoms with E-state index in [1.54, 1.807) is 24.3 Å². The Hall–Kier alpha value is -2.53. The van der Waals surface area contributed by atoms with Crippen molar-refractivity contribution in [3.63, 3.8) is 0 Å². The highest BCUT2D eigenvalue weighted by Crippen LogP contribution is 2.23. The Morgan fingerprint density at radius 1 is 1.12 bits per heavy atom. The smallest absolute Gasteiger partial charge is 0.332 e. The van der Waals surface area contributed by atoms with Crippen molar-refractivity contribution in [2.45, 2.75) is 19.9 Å². The molecule has 0 aliphatic rings. The minimum atomic E-state index is -0.595. The number of anilines is 1. The lowest BCUT2D eigenvalue weighted by Gasteiger charge is -2.19. The molecule has 1 atom stereocenters. The molecule has 1 unspecified atom stereocenters. The molecule has 0 amide bonds. The Morgan fingerprint density at radius 2 is 1.75 bits per heavy atom. The largest absolute Gasteiger partial charge is 0.467 e. The zero-order valence-electron chi connectivity index (χ0n) is 13.9. The van der Waals surface area contributed by atoms with Crippen molar-refractivity contribution in [3.8, 4) is 0 Å². The SMILES string of the molecule is COC(=O)C(Nc1ccc(C(=N)N)cc1)c1ccc(C)c(C)c1.Cl. The highest BCUT2D eigenvalue weighted by molar-refractivity contribution is 5.95. The lowest BCUT2D eigenvalue weighted by molar-refractivity contribution is -0.141. The summed E-state index contributed by atoms with van der Waals surface area (Å²) in [4.78, 5) is 12.1. The number of ether oxygens (including phenoxy) is 1. The number of hydrogen-bond acceptors (Lipinski definition) is 4. The number of carbonyl (C=O) groups excluding carboxylic acids is 1. The second-order valence-corrected chi connectivity index (χ2v) is 5.44. The predicted octanol–water partition coefficient (Wildman–Crippen LogP) is 3.34. The summed E-state index contributed by atoms with van der Waals surface area (Å²) in [6.45, 7) is 4.04. The summed E-state index contributed by atoms with van der Waals surface area (Å²) in [7, 11) is 1.37. The Labute approximate surface area is 148 Å². The monoisotopic (exact) mass is 347 g/mol. The molecule has 24 heavy (non-hydrogen) atoms. The third-order valence-corrected chi connectivity index (χ3v) is 3.81. The molecule has 0 heterocycles. The Balaban J connectivity index is 0.00000288. The topological polar surface area (TPSA) is 88.2 Å². The summed E-state index contributed by atoms with van der Waals surface area (Å²) >= 11 is 0. The van der Waals surface area contributed by atoms with Crippen molar-refractivity contribution in [2.24, 2.45) is 5.73 Å². The highest BCUT2D eigenvalue weighted by Gasteiger charge is 2.21. The second-order valence-electron chi connectivity index (χ2n) is 5.44. The zero-order valence-corrected chi connectivity index (χ0v) is 14.7. The number of hydrogen-bond donors (Lipinski definition) is 3. The lowest BCUT2D eigenvalue weighted by atomic mass is 10.0. The number of nitrogen functional groups attached to an aromatic ring is 1. The molecule has 128 valence electrons. The van der Waals surface area contributed by atoms with Gasteiger partial charge in [-0.1, -0.05) is 18.2 Å². The van der Waals surface area contributed by atoms with Gasteiger partial charge in [0.2, 0.25) is 0 Å². The van der Waals surface area contributed by atoms with E-state index in [2.05, 4.69) is 5.32 Å². The summed E-state index contributed by atoms with van der Waals surface area (Å²) in [5.74, 6) is -0.348. The summed E-state index contributed by atoms with van der Waals surface area (Å²) in [6.07, 6.45) is 0. The van der Waals surface area contributed by atoms with E-state index in [-0.39, 0.29) is 24.2 Å². The molecule has 6 heteroatoms. The van der Waals surface area contributed by atoms with Crippen molar-refractivity contribution in [1.29, 1.82) is 5.41 Å². The zero-order chi connectivity index (χ0) is 17.0. The fraction of sp³-hybridized carbons (Fsp3) is 0.222. The summed E-state index contributed by atoms with van der Waals surface area (Å²) in [6, 6.07) is 12.3. The predicted molar refractivity (Wildman–Crippen MR) is 99.0 cm³/mol. The van der Waals surface area contributed by atoms with Crippen molar-refractivity contribution in [3.05, 3.63) is 64.7 Å². The van der Waals surface area contributed by atoms with Gasteiger partial charge < -0.3 is 15.8 Å². The number of esters is 1. The van der Waals surface area contributed by atoms with Crippen LogP contribution in [-0.4, -0.2) is 18.9 Å². The third kappa shape index (κ3) is 4.49. The number of methoxy groups -OCH3 is 1. The molecule has 0 aliphatic carbocycles. The Morgan fingerprint density at radius 3 is 2.25 bits per heavy atom. The van der Waals surface area contributed by atoms with Crippen LogP contribution >= 0.6 is 12.4 Å². The van der Waals surface area contributed by atoms with E-state index >= 15 is 0 Å². The first-order valence-electron chi connectivity index (χ1n) is 7.28. The van der Waals surface area contributed by atoms with Crippen LogP contribution in [0.25, 0.3) is 0 Å². The standard InChI is InChI=1S/C18H21N3O2.ClH/c1-11-4-5-14(10-12(11)2)16(18(22)23-3)21-15-8-6-13(7-9-15)17(19)20;/h4-10,16,21H,1-3H3,(H3,19,20);1H. The van der Waals surface area contributed by atoms with Crippen LogP contribution in [0.1, 0.15) is 28.3 Å². The molecule has 0 fully saturated rings. The molecule has 2 aromatic carbocycles. The van der Waals surface area contributed by atoms with E-state index in [0.717, 1.165) is 16.8 Å². The van der Waals surface area contributed by atoms with Gasteiger partial charge in [-0.3, -0.25) is 5.41 Å². The molecule has 2 rings (SSSR count). The van der Waals surface area contributed by atoms with Crippen LogP contribution in [0.4, 0.5) is 5.69 Å². The number of nitrogens with one attached hydrogen (secondary N) is 2. The molecule has 4 N–H and O–H groups in total. The van der Waals surface area contributed by atoms with Crippen molar-refractivity contribution in [1.82, 2.24) is 0 Å². The average molecular weight is 348 g/mol. The molecule has 0 radical (unpaired) electrons. The fourth-order valence-electron chi connectivity index (χ4n) is 2.25. The van der Waals surface area contributed by atoms with Gasteiger partial charge in [0.25, 0.3) is 0 Å². The quantitative estimate of drug-likeness (QED) is 0.439. The molecule has 0 aromatic heterocycles. The molecule has 0 spiro atoms. The first-order chi connectivity index (χ1) is 10.9. The van der Waals surface area contributed by atoms with E-state index < -0.39 is 6.04 Å².